The van der Waals surface area contributed by atoms with Crippen molar-refractivity contribution in [1.29, 1.82) is 0 Å². The molecule has 0 saturated carbocycles. The average molecular weight is 317 g/mol. The summed E-state index contributed by atoms with van der Waals surface area (Å²) in [6.45, 7) is 5.72. The fourth-order valence-electron chi connectivity index (χ4n) is 3.51. The number of sulfonamides is 1. The van der Waals surface area contributed by atoms with Crippen LogP contribution in [0.1, 0.15) is 32.6 Å². The number of amides is 1. The molecule has 1 amide bonds. The van der Waals surface area contributed by atoms with E-state index < -0.39 is 10.0 Å². The molecular weight excluding hydrogens is 290 g/mol. The molecule has 0 spiro atoms. The van der Waals surface area contributed by atoms with Crippen LogP contribution in [0.25, 0.3) is 0 Å². The molecule has 0 aliphatic carbocycles. The summed E-state index contributed by atoms with van der Waals surface area (Å²) < 4.78 is 24.5. The number of nitrogens with zero attached hydrogens (tertiary/aromatic N) is 2. The minimum Gasteiger partial charge on any atom is -0.340 e. The summed E-state index contributed by atoms with van der Waals surface area (Å²) in [6.07, 6.45) is 5.12. The summed E-state index contributed by atoms with van der Waals surface area (Å²) in [7, 11) is -3.14. The van der Waals surface area contributed by atoms with Crippen LogP contribution in [0.2, 0.25) is 0 Å². The van der Waals surface area contributed by atoms with Gasteiger partial charge in [-0.15, -0.1) is 0 Å². The molecule has 6 nitrogen and oxygen atoms in total. The standard InChI is InChI=1S/C14H27N3O3S/c1-3-5-14(6-4-7-15-12-14)13(18)16-8-10-17(11-9-16)21(2,19)20/h15H,3-12H2,1-2H3. The maximum Gasteiger partial charge on any atom is 0.230 e. The van der Waals surface area contributed by atoms with E-state index in [1.807, 2.05) is 4.90 Å². The smallest absolute Gasteiger partial charge is 0.230 e. The number of hydrogen-bond donors (Lipinski definition) is 1. The maximum atomic E-state index is 12.9. The monoisotopic (exact) mass is 317 g/mol. The molecule has 0 aromatic rings. The summed E-state index contributed by atoms with van der Waals surface area (Å²) in [5.41, 5.74) is -0.278. The van der Waals surface area contributed by atoms with E-state index >= 15 is 0 Å². The minimum atomic E-state index is -3.14. The fourth-order valence-corrected chi connectivity index (χ4v) is 4.33. The van der Waals surface area contributed by atoms with E-state index in [9.17, 15) is 13.2 Å². The van der Waals surface area contributed by atoms with Gasteiger partial charge in [0.2, 0.25) is 15.9 Å². The minimum absolute atomic E-state index is 0.213. The third kappa shape index (κ3) is 3.76. The molecule has 0 radical (unpaired) electrons. The Labute approximate surface area is 127 Å². The third-order valence-corrected chi connectivity index (χ3v) is 5.95. The maximum absolute atomic E-state index is 12.9. The first kappa shape index (κ1) is 16.7. The van der Waals surface area contributed by atoms with Gasteiger partial charge in [0.25, 0.3) is 0 Å². The lowest BCUT2D eigenvalue weighted by atomic mass is 9.75. The summed E-state index contributed by atoms with van der Waals surface area (Å²) in [4.78, 5) is 14.8. The Kier molecular flexibility index (Phi) is 5.27. The SMILES string of the molecule is CCCC1(C(=O)N2CCN(S(C)(=O)=O)CC2)CCCNC1. The first-order valence-electron chi connectivity index (χ1n) is 7.84. The molecule has 2 aliphatic heterocycles. The van der Waals surface area contributed by atoms with Gasteiger partial charge in [0.15, 0.2) is 0 Å². The van der Waals surface area contributed by atoms with Gasteiger partial charge in [-0.1, -0.05) is 13.3 Å². The predicted molar refractivity (Wildman–Crippen MR) is 82.4 cm³/mol. The summed E-state index contributed by atoms with van der Waals surface area (Å²) >= 11 is 0. The number of nitrogens with one attached hydrogen (secondary N) is 1. The Morgan fingerprint density at radius 2 is 1.90 bits per heavy atom. The van der Waals surface area contributed by atoms with Crippen LogP contribution in [0.3, 0.4) is 0 Å². The second-order valence-electron chi connectivity index (χ2n) is 6.26. The van der Waals surface area contributed by atoms with E-state index in [0.29, 0.717) is 26.2 Å². The first-order chi connectivity index (χ1) is 9.89. The molecule has 2 fully saturated rings. The van der Waals surface area contributed by atoms with Crippen LogP contribution >= 0.6 is 0 Å². The van der Waals surface area contributed by atoms with E-state index in [0.717, 1.165) is 38.8 Å². The van der Waals surface area contributed by atoms with Crippen LogP contribution in [0.15, 0.2) is 0 Å². The number of piperidine rings is 1. The van der Waals surface area contributed by atoms with Gasteiger partial charge < -0.3 is 10.2 Å². The molecule has 1 atom stereocenters. The van der Waals surface area contributed by atoms with Crippen LogP contribution in [0, 0.1) is 5.41 Å². The van der Waals surface area contributed by atoms with Crippen LogP contribution < -0.4 is 5.32 Å². The molecule has 2 saturated heterocycles. The number of hydrogen-bond acceptors (Lipinski definition) is 4. The Hall–Kier alpha value is -0.660. The zero-order valence-electron chi connectivity index (χ0n) is 13.1. The molecule has 0 aromatic carbocycles. The summed E-state index contributed by atoms with van der Waals surface area (Å²) in [5, 5.41) is 3.36. The van der Waals surface area contributed by atoms with E-state index in [1.165, 1.54) is 10.6 Å². The lowest BCUT2D eigenvalue weighted by Crippen LogP contribution is -2.57. The molecule has 1 unspecified atom stereocenters. The van der Waals surface area contributed by atoms with E-state index in [2.05, 4.69) is 12.2 Å². The van der Waals surface area contributed by atoms with Gasteiger partial charge in [0.1, 0.15) is 0 Å². The van der Waals surface area contributed by atoms with Crippen LogP contribution in [0.4, 0.5) is 0 Å². The van der Waals surface area contributed by atoms with Gasteiger partial charge in [-0.2, -0.15) is 4.31 Å². The lowest BCUT2D eigenvalue weighted by Gasteiger charge is -2.42. The van der Waals surface area contributed by atoms with Gasteiger partial charge in [-0.25, -0.2) is 8.42 Å². The van der Waals surface area contributed by atoms with Crippen molar-refractivity contribution in [3.8, 4) is 0 Å². The Balaban J connectivity index is 2.02. The molecule has 122 valence electrons. The normalized spacial score (nSPS) is 28.6. The molecule has 1 N–H and O–H groups in total. The highest BCUT2D eigenvalue weighted by Gasteiger charge is 2.42. The van der Waals surface area contributed by atoms with E-state index in [4.69, 9.17) is 0 Å². The summed E-state index contributed by atoms with van der Waals surface area (Å²) in [5.74, 6) is 0.213. The van der Waals surface area contributed by atoms with Crippen molar-refractivity contribution >= 4 is 15.9 Å². The van der Waals surface area contributed by atoms with Crippen LogP contribution in [0.5, 0.6) is 0 Å². The topological polar surface area (TPSA) is 69.7 Å². The third-order valence-electron chi connectivity index (χ3n) is 4.65. The van der Waals surface area contributed by atoms with Gasteiger partial charge in [-0.05, 0) is 25.8 Å². The highest BCUT2D eigenvalue weighted by molar-refractivity contribution is 7.88. The van der Waals surface area contributed by atoms with Gasteiger partial charge >= 0.3 is 0 Å². The Bertz CT molecular complexity index is 458. The van der Waals surface area contributed by atoms with Crippen LogP contribution in [-0.4, -0.2) is 69.1 Å². The van der Waals surface area contributed by atoms with Crippen molar-refractivity contribution in [3.05, 3.63) is 0 Å². The largest absolute Gasteiger partial charge is 0.340 e. The molecule has 2 rings (SSSR count). The van der Waals surface area contributed by atoms with Crippen molar-refractivity contribution in [2.24, 2.45) is 5.41 Å². The second kappa shape index (κ2) is 6.62. The molecule has 2 aliphatic rings. The number of carbonyl (C=O) groups excluding carboxylic acids is 1. The van der Waals surface area contributed by atoms with Crippen molar-refractivity contribution in [2.75, 3.05) is 45.5 Å². The quantitative estimate of drug-likeness (QED) is 0.807. The lowest BCUT2D eigenvalue weighted by molar-refractivity contribution is -0.145. The molecule has 7 heteroatoms. The van der Waals surface area contributed by atoms with Gasteiger partial charge in [-0.3, -0.25) is 4.79 Å². The number of carbonyl (C=O) groups is 1. The van der Waals surface area contributed by atoms with E-state index in [-0.39, 0.29) is 11.3 Å². The molecule has 2 heterocycles. The Morgan fingerprint density at radius 3 is 2.38 bits per heavy atom. The second-order valence-corrected chi connectivity index (χ2v) is 8.25. The Morgan fingerprint density at radius 1 is 1.24 bits per heavy atom. The number of piperazine rings is 1. The predicted octanol–water partition coefficient (Wildman–Crippen LogP) is 0.260. The van der Waals surface area contributed by atoms with Crippen molar-refractivity contribution in [2.45, 2.75) is 32.6 Å². The zero-order valence-corrected chi connectivity index (χ0v) is 13.9. The summed E-state index contributed by atoms with van der Waals surface area (Å²) in [6, 6.07) is 0. The number of rotatable bonds is 4. The van der Waals surface area contributed by atoms with Crippen molar-refractivity contribution < 1.29 is 13.2 Å². The highest BCUT2D eigenvalue weighted by Crippen LogP contribution is 2.34. The van der Waals surface area contributed by atoms with E-state index in [1.54, 1.807) is 0 Å². The molecule has 0 aromatic heterocycles. The van der Waals surface area contributed by atoms with Gasteiger partial charge in [0.05, 0.1) is 11.7 Å². The molecule has 21 heavy (non-hydrogen) atoms. The first-order valence-corrected chi connectivity index (χ1v) is 9.69. The van der Waals surface area contributed by atoms with Crippen molar-refractivity contribution in [1.82, 2.24) is 14.5 Å². The average Bonchev–Trinajstić information content (AvgIpc) is 2.47. The molecule has 0 bridgehead atoms. The van der Waals surface area contributed by atoms with Crippen LogP contribution in [-0.2, 0) is 14.8 Å². The van der Waals surface area contributed by atoms with Gasteiger partial charge in [0, 0.05) is 32.7 Å². The fraction of sp³-hybridized carbons (Fsp3) is 0.929. The zero-order chi connectivity index (χ0) is 15.5. The molecular formula is C14H27N3O3S. The highest BCUT2D eigenvalue weighted by atomic mass is 32.2. The van der Waals surface area contributed by atoms with Crippen molar-refractivity contribution in [3.63, 3.8) is 0 Å².